The molecular weight excluding hydrogens is 352 g/mol. The van der Waals surface area contributed by atoms with Crippen LogP contribution in [0.4, 0.5) is 0 Å². The number of hydrogen-bond donors (Lipinski definition) is 3. The van der Waals surface area contributed by atoms with Crippen molar-refractivity contribution in [3.63, 3.8) is 0 Å². The van der Waals surface area contributed by atoms with Crippen LogP contribution >= 0.6 is 25.8 Å². The fourth-order valence-electron chi connectivity index (χ4n) is 1.37. The van der Waals surface area contributed by atoms with Gasteiger partial charge in [-0.1, -0.05) is 0 Å². The third-order valence-corrected chi connectivity index (χ3v) is 7.90. The molecule has 0 saturated heterocycles. The van der Waals surface area contributed by atoms with Gasteiger partial charge in [0.1, 0.15) is 11.7 Å². The summed E-state index contributed by atoms with van der Waals surface area (Å²) < 4.78 is 16.0. The lowest BCUT2D eigenvalue weighted by Gasteiger charge is -2.17. The zero-order valence-corrected chi connectivity index (χ0v) is 15.2. The summed E-state index contributed by atoms with van der Waals surface area (Å²) >= 11 is 6.43. The Bertz CT molecular complexity index is 546. The topological polar surface area (TPSA) is 90.2 Å². The molecule has 6 nitrogen and oxygen atoms in total. The highest BCUT2D eigenvalue weighted by Gasteiger charge is 2.27. The minimum absolute atomic E-state index is 0.311. The molecule has 120 valence electrons. The summed E-state index contributed by atoms with van der Waals surface area (Å²) in [6.07, 6.45) is 0. The van der Waals surface area contributed by atoms with E-state index in [9.17, 15) is 9.46 Å². The van der Waals surface area contributed by atoms with Gasteiger partial charge in [0.2, 0.25) is 6.49 Å². The van der Waals surface area contributed by atoms with Crippen molar-refractivity contribution < 1.29 is 23.8 Å². The Morgan fingerprint density at radius 1 is 1.24 bits per heavy atom. The summed E-state index contributed by atoms with van der Waals surface area (Å²) in [6.45, 7) is -2.57. The summed E-state index contributed by atoms with van der Waals surface area (Å²) in [7, 11) is -0.383. The van der Waals surface area contributed by atoms with Crippen molar-refractivity contribution >= 4 is 37.7 Å². The van der Waals surface area contributed by atoms with Gasteiger partial charge in [0.05, 0.1) is 0 Å². The van der Waals surface area contributed by atoms with Crippen LogP contribution < -0.4 is 4.52 Å². The third-order valence-electron chi connectivity index (χ3n) is 2.24. The number of hydrogen-bond acceptors (Lipinski definition) is 5. The van der Waals surface area contributed by atoms with Gasteiger partial charge in [-0.25, -0.2) is 0 Å². The van der Waals surface area contributed by atoms with Crippen molar-refractivity contribution in [1.82, 2.24) is 4.90 Å². The molecule has 0 spiro atoms. The minimum atomic E-state index is -4.40. The summed E-state index contributed by atoms with van der Waals surface area (Å²) in [6, 6.07) is 6.91. The van der Waals surface area contributed by atoms with Crippen molar-refractivity contribution in [2.75, 3.05) is 32.3 Å². The molecule has 0 aliphatic rings. The molecule has 1 unspecified atom stereocenters. The number of thioether (sulfide) groups is 1. The quantitative estimate of drug-likeness (QED) is 0.473. The van der Waals surface area contributed by atoms with E-state index in [2.05, 4.69) is 4.90 Å². The molecule has 0 saturated carbocycles. The predicted octanol–water partition coefficient (Wildman–Crippen LogP) is 2.16. The van der Waals surface area contributed by atoms with Crippen molar-refractivity contribution in [1.29, 1.82) is 0 Å². The minimum Gasteiger partial charge on any atom is -0.443 e. The molecule has 0 radical (unpaired) electrons. The number of nitrogens with zero attached hydrogens (tertiary/aromatic N) is 1. The zero-order chi connectivity index (χ0) is 16.1. The standard InChI is InChI=1S/C11H19NO5P2S2/c1-12(2)7-8-21-11-5-3-10(4-6-11)17-19(16,20)9-18(13,14)15/h3-6H,7-9H2,1-2H3,(H,16,20)(H2,13,14,15). The summed E-state index contributed by atoms with van der Waals surface area (Å²) in [5, 5.41) is 0. The molecule has 1 atom stereocenters. The average Bonchev–Trinajstić information content (AvgIpc) is 2.27. The van der Waals surface area contributed by atoms with Crippen LogP contribution in [-0.2, 0) is 16.4 Å². The second-order valence-electron chi connectivity index (χ2n) is 4.66. The van der Waals surface area contributed by atoms with Crippen molar-refractivity contribution in [2.24, 2.45) is 0 Å². The molecule has 0 fully saturated rings. The largest absolute Gasteiger partial charge is 0.443 e. The van der Waals surface area contributed by atoms with E-state index in [0.29, 0.717) is 5.75 Å². The Morgan fingerprint density at radius 2 is 1.81 bits per heavy atom. The molecule has 3 N–H and O–H groups in total. The van der Waals surface area contributed by atoms with Gasteiger partial charge in [0, 0.05) is 17.2 Å². The lowest BCUT2D eigenvalue weighted by molar-refractivity contribution is 0.375. The first-order valence-corrected chi connectivity index (χ1v) is 11.7. The van der Waals surface area contributed by atoms with E-state index in [4.69, 9.17) is 26.1 Å². The van der Waals surface area contributed by atoms with Gasteiger partial charge < -0.3 is 24.1 Å². The van der Waals surface area contributed by atoms with E-state index in [-0.39, 0.29) is 0 Å². The van der Waals surface area contributed by atoms with E-state index in [1.807, 2.05) is 26.2 Å². The Hall–Kier alpha value is 0.0900. The van der Waals surface area contributed by atoms with Crippen molar-refractivity contribution in [3.05, 3.63) is 24.3 Å². The van der Waals surface area contributed by atoms with Crippen LogP contribution in [-0.4, -0.2) is 51.9 Å². The Morgan fingerprint density at radius 3 is 2.29 bits per heavy atom. The highest BCUT2D eigenvalue weighted by Crippen LogP contribution is 2.55. The predicted molar refractivity (Wildman–Crippen MR) is 89.8 cm³/mol. The van der Waals surface area contributed by atoms with Gasteiger partial charge >= 0.3 is 7.60 Å². The fraction of sp³-hybridized carbons (Fsp3) is 0.455. The average molecular weight is 371 g/mol. The second-order valence-corrected chi connectivity index (χ2v) is 11.5. The lowest BCUT2D eigenvalue weighted by atomic mass is 10.3. The molecule has 1 aromatic rings. The fourth-order valence-corrected chi connectivity index (χ4v) is 6.55. The van der Waals surface area contributed by atoms with Crippen LogP contribution in [0.1, 0.15) is 0 Å². The maximum absolute atomic E-state index is 10.9. The SMILES string of the molecule is CN(C)CCSc1ccc(OP(O)(=S)CP(=O)(O)O)cc1. The second kappa shape index (κ2) is 8.09. The number of rotatable bonds is 8. The summed E-state index contributed by atoms with van der Waals surface area (Å²) in [4.78, 5) is 30.6. The Balaban J connectivity index is 2.58. The number of benzene rings is 1. The smallest absolute Gasteiger partial charge is 0.336 e. The first kappa shape index (κ1) is 19.1. The highest BCUT2D eigenvalue weighted by molar-refractivity contribution is 8.12. The first-order chi connectivity index (χ1) is 9.57. The van der Waals surface area contributed by atoms with Gasteiger partial charge in [0.25, 0.3) is 0 Å². The first-order valence-electron chi connectivity index (χ1n) is 6.01. The van der Waals surface area contributed by atoms with Crippen LogP contribution in [0.2, 0.25) is 0 Å². The Labute approximate surface area is 133 Å². The van der Waals surface area contributed by atoms with Gasteiger partial charge in [0.15, 0.2) is 0 Å². The van der Waals surface area contributed by atoms with Crippen LogP contribution in [0.5, 0.6) is 5.75 Å². The molecule has 0 heterocycles. The Kier molecular flexibility index (Phi) is 7.37. The summed E-state index contributed by atoms with van der Waals surface area (Å²) in [5.41, 5.74) is 0. The molecule has 0 bridgehead atoms. The third kappa shape index (κ3) is 8.96. The van der Waals surface area contributed by atoms with Crippen molar-refractivity contribution in [3.8, 4) is 5.75 Å². The molecule has 1 rings (SSSR count). The normalized spacial score (nSPS) is 15.0. The molecular formula is C11H19NO5P2S2. The van der Waals surface area contributed by atoms with Gasteiger partial charge in [-0.05, 0) is 50.2 Å². The van der Waals surface area contributed by atoms with E-state index >= 15 is 0 Å². The monoisotopic (exact) mass is 371 g/mol. The summed E-state index contributed by atoms with van der Waals surface area (Å²) in [5.74, 6) is 0.434. The van der Waals surface area contributed by atoms with E-state index in [1.54, 1.807) is 23.9 Å². The lowest BCUT2D eigenvalue weighted by Crippen LogP contribution is -2.14. The highest BCUT2D eigenvalue weighted by atomic mass is 32.5. The van der Waals surface area contributed by atoms with E-state index < -0.39 is 20.0 Å². The maximum Gasteiger partial charge on any atom is 0.336 e. The molecule has 10 heteroatoms. The molecule has 0 aromatic heterocycles. The van der Waals surface area contributed by atoms with Gasteiger partial charge in [-0.2, -0.15) is 0 Å². The van der Waals surface area contributed by atoms with Crippen LogP contribution in [0.3, 0.4) is 0 Å². The van der Waals surface area contributed by atoms with Gasteiger partial charge in [-0.15, -0.1) is 11.8 Å². The van der Waals surface area contributed by atoms with E-state index in [0.717, 1.165) is 17.2 Å². The van der Waals surface area contributed by atoms with Crippen LogP contribution in [0, 0.1) is 0 Å². The van der Waals surface area contributed by atoms with Crippen LogP contribution in [0.25, 0.3) is 0 Å². The molecule has 0 aliphatic heterocycles. The maximum atomic E-state index is 10.9. The van der Waals surface area contributed by atoms with Gasteiger partial charge in [-0.3, -0.25) is 4.57 Å². The van der Waals surface area contributed by atoms with Crippen molar-refractivity contribution in [2.45, 2.75) is 4.90 Å². The molecule has 1 aromatic carbocycles. The zero-order valence-electron chi connectivity index (χ0n) is 11.7. The molecule has 21 heavy (non-hydrogen) atoms. The molecule has 0 aliphatic carbocycles. The van der Waals surface area contributed by atoms with E-state index in [1.165, 1.54) is 0 Å². The molecule has 0 amide bonds. The van der Waals surface area contributed by atoms with Crippen LogP contribution in [0.15, 0.2) is 29.2 Å².